The van der Waals surface area contributed by atoms with Gasteiger partial charge in [-0.3, -0.25) is 0 Å². The average molecular weight is 488 g/mol. The second-order valence-electron chi connectivity index (χ2n) is 8.14. The maximum Gasteiger partial charge on any atom is 0.387 e. The van der Waals surface area contributed by atoms with Crippen LogP contribution < -0.4 is 4.74 Å². The Bertz CT molecular complexity index is 1500. The van der Waals surface area contributed by atoms with E-state index in [2.05, 4.69) is 9.72 Å². The smallest absolute Gasteiger partial charge is 0.387 e. The van der Waals surface area contributed by atoms with Crippen LogP contribution in [-0.4, -0.2) is 35.9 Å². The van der Waals surface area contributed by atoms with E-state index in [1.807, 2.05) is 0 Å². The van der Waals surface area contributed by atoms with Gasteiger partial charge in [-0.1, -0.05) is 30.3 Å². The van der Waals surface area contributed by atoms with Crippen LogP contribution in [0.25, 0.3) is 22.2 Å². The highest BCUT2D eigenvalue weighted by Crippen LogP contribution is 2.44. The number of alkyl halides is 2. The molecule has 1 unspecified atom stereocenters. The van der Waals surface area contributed by atoms with Gasteiger partial charge in [-0.2, -0.15) is 8.78 Å². The van der Waals surface area contributed by atoms with Crippen molar-refractivity contribution in [3.63, 3.8) is 0 Å². The lowest BCUT2D eigenvalue weighted by Gasteiger charge is -2.19. The minimum atomic E-state index is -3.40. The molecular formula is C24H19F3N2O4S. The molecule has 0 amide bonds. The Morgan fingerprint density at radius 1 is 1.12 bits per heavy atom. The molecule has 0 aliphatic carbocycles. The molecule has 1 aliphatic heterocycles. The first-order valence-corrected chi connectivity index (χ1v) is 12.3. The molecule has 0 bridgehead atoms. The molecule has 1 aromatic heterocycles. The summed E-state index contributed by atoms with van der Waals surface area (Å²) in [6.07, 6.45) is 0.306. The first kappa shape index (κ1) is 22.4. The quantitative estimate of drug-likeness (QED) is 0.433. The van der Waals surface area contributed by atoms with Crippen LogP contribution >= 0.6 is 0 Å². The van der Waals surface area contributed by atoms with Crippen molar-refractivity contribution in [2.45, 2.75) is 30.1 Å². The number of nitrogens with zero attached hydrogens (tertiary/aromatic N) is 2. The highest BCUT2D eigenvalue weighted by atomic mass is 32.2. The molecule has 1 N–H and O–H groups in total. The van der Waals surface area contributed by atoms with Gasteiger partial charge in [0.2, 0.25) is 0 Å². The number of hydrogen-bond donors (Lipinski definition) is 1. The monoisotopic (exact) mass is 488 g/mol. The number of ether oxygens (including phenoxy) is 1. The highest BCUT2D eigenvalue weighted by molar-refractivity contribution is 7.90. The van der Waals surface area contributed by atoms with E-state index < -0.39 is 34.4 Å². The Morgan fingerprint density at radius 2 is 1.82 bits per heavy atom. The summed E-state index contributed by atoms with van der Waals surface area (Å²) >= 11 is 0. The largest absolute Gasteiger partial charge is 0.434 e. The molecule has 3 aromatic carbocycles. The maximum absolute atomic E-state index is 15.0. The molecule has 0 radical (unpaired) electrons. The Kier molecular flexibility index (Phi) is 5.37. The second kappa shape index (κ2) is 8.14. The van der Waals surface area contributed by atoms with Gasteiger partial charge in [-0.05, 0) is 29.8 Å². The third-order valence-corrected chi connectivity index (χ3v) is 7.08. The number of aliphatic hydroxyl groups is 1. The van der Waals surface area contributed by atoms with Gasteiger partial charge in [-0.25, -0.2) is 17.8 Å². The molecular weight excluding hydrogens is 469 g/mol. The highest BCUT2D eigenvalue weighted by Gasteiger charge is 2.36. The predicted octanol–water partition coefficient (Wildman–Crippen LogP) is 4.87. The lowest BCUT2D eigenvalue weighted by atomic mass is 10.0. The number of para-hydroxylation sites is 1. The van der Waals surface area contributed by atoms with Crippen LogP contribution in [0.1, 0.15) is 30.0 Å². The van der Waals surface area contributed by atoms with E-state index in [4.69, 9.17) is 0 Å². The van der Waals surface area contributed by atoms with Crippen LogP contribution in [0.5, 0.6) is 5.75 Å². The predicted molar refractivity (Wildman–Crippen MR) is 119 cm³/mol. The first-order valence-electron chi connectivity index (χ1n) is 10.4. The number of imidazole rings is 1. The lowest BCUT2D eigenvalue weighted by Crippen LogP contribution is -2.10. The third-order valence-electron chi connectivity index (χ3n) is 5.95. The van der Waals surface area contributed by atoms with E-state index in [1.165, 1.54) is 36.4 Å². The minimum absolute atomic E-state index is 0.0110. The van der Waals surface area contributed by atoms with Crippen molar-refractivity contribution in [2.75, 3.05) is 6.26 Å². The van der Waals surface area contributed by atoms with Crippen molar-refractivity contribution in [1.29, 1.82) is 0 Å². The summed E-state index contributed by atoms with van der Waals surface area (Å²) < 4.78 is 70.8. The average Bonchev–Trinajstić information content (AvgIpc) is 3.29. The maximum atomic E-state index is 15.0. The summed E-state index contributed by atoms with van der Waals surface area (Å²) in [7, 11) is -3.40. The van der Waals surface area contributed by atoms with Crippen molar-refractivity contribution in [3.8, 4) is 16.9 Å². The number of benzene rings is 3. The van der Waals surface area contributed by atoms with E-state index in [9.17, 15) is 26.7 Å². The zero-order valence-electron chi connectivity index (χ0n) is 17.8. The summed E-state index contributed by atoms with van der Waals surface area (Å²) in [5.74, 6) is -0.275. The zero-order valence-corrected chi connectivity index (χ0v) is 18.6. The Hall–Kier alpha value is -3.37. The van der Waals surface area contributed by atoms with Gasteiger partial charge in [0.15, 0.2) is 9.84 Å². The fraction of sp³-hybridized carbons (Fsp3) is 0.208. The van der Waals surface area contributed by atoms with Crippen LogP contribution in [0.4, 0.5) is 13.2 Å². The van der Waals surface area contributed by atoms with Gasteiger partial charge in [0.1, 0.15) is 23.5 Å². The summed E-state index contributed by atoms with van der Waals surface area (Å²) in [5, 5.41) is 10.6. The van der Waals surface area contributed by atoms with E-state index in [-0.39, 0.29) is 22.6 Å². The van der Waals surface area contributed by atoms with Gasteiger partial charge in [0.25, 0.3) is 0 Å². The second-order valence-corrected chi connectivity index (χ2v) is 10.2. The van der Waals surface area contributed by atoms with Crippen molar-refractivity contribution in [3.05, 3.63) is 77.9 Å². The molecule has 1 aliphatic rings. The van der Waals surface area contributed by atoms with Crippen LogP contribution in [0.3, 0.4) is 0 Å². The molecule has 0 fully saturated rings. The van der Waals surface area contributed by atoms with Crippen LogP contribution in [0.2, 0.25) is 0 Å². The summed E-state index contributed by atoms with van der Waals surface area (Å²) in [5.41, 5.74) is 1.93. The topological polar surface area (TPSA) is 81.4 Å². The van der Waals surface area contributed by atoms with Gasteiger partial charge >= 0.3 is 6.61 Å². The molecule has 176 valence electrons. The number of aromatic nitrogens is 2. The van der Waals surface area contributed by atoms with Crippen LogP contribution in [0.15, 0.2) is 65.6 Å². The molecule has 6 nitrogen and oxygen atoms in total. The molecule has 5 rings (SSSR count). The third kappa shape index (κ3) is 3.82. The van der Waals surface area contributed by atoms with Crippen molar-refractivity contribution in [1.82, 2.24) is 9.55 Å². The van der Waals surface area contributed by atoms with Crippen LogP contribution in [-0.2, 0) is 9.84 Å². The Morgan fingerprint density at radius 3 is 2.50 bits per heavy atom. The fourth-order valence-electron chi connectivity index (χ4n) is 4.45. The van der Waals surface area contributed by atoms with E-state index >= 15 is 0 Å². The molecule has 10 heteroatoms. The minimum Gasteiger partial charge on any atom is -0.434 e. The van der Waals surface area contributed by atoms with Crippen molar-refractivity contribution < 1.29 is 31.4 Å². The molecule has 0 spiro atoms. The first-order chi connectivity index (χ1) is 16.1. The van der Waals surface area contributed by atoms with Gasteiger partial charge in [0, 0.05) is 29.9 Å². The van der Waals surface area contributed by atoms with Gasteiger partial charge in [-0.15, -0.1) is 0 Å². The number of hydrogen-bond acceptors (Lipinski definition) is 5. The SMILES string of the molecule is CS(=O)(=O)c1ccc(-c2cc3c(cc2F)nc2n3C(c3ccccc3OC(F)F)C[C@H]2O)cc1. The zero-order chi connectivity index (χ0) is 24.2. The van der Waals surface area contributed by atoms with E-state index in [1.54, 1.807) is 28.8 Å². The molecule has 4 aromatic rings. The van der Waals surface area contributed by atoms with Crippen LogP contribution in [0, 0.1) is 5.82 Å². The molecule has 0 saturated heterocycles. The molecule has 0 saturated carbocycles. The Balaban J connectivity index is 1.65. The standard InChI is InChI=1S/C24H19F3N2O4S/c1-34(31,32)14-8-6-13(7-9-14)16-10-20-18(11-17(16)25)28-23-21(30)12-19(29(20)23)15-4-2-3-5-22(15)33-24(26)27/h2-11,19,21,24,30H,12H2,1H3/t19?,21-/m1/s1. The number of fused-ring (bicyclic) bond motifs is 3. The van der Waals surface area contributed by atoms with Crippen molar-refractivity contribution in [2.24, 2.45) is 0 Å². The summed E-state index contributed by atoms with van der Waals surface area (Å²) in [4.78, 5) is 4.50. The number of sulfone groups is 1. The number of halogens is 3. The van der Waals surface area contributed by atoms with E-state index in [0.717, 1.165) is 6.26 Å². The lowest BCUT2D eigenvalue weighted by molar-refractivity contribution is -0.0507. The molecule has 2 heterocycles. The molecule has 2 atom stereocenters. The fourth-order valence-corrected chi connectivity index (χ4v) is 5.08. The molecule has 34 heavy (non-hydrogen) atoms. The number of rotatable bonds is 5. The Labute approximate surface area is 193 Å². The number of aliphatic hydroxyl groups excluding tert-OH is 1. The van der Waals surface area contributed by atoms with Crippen molar-refractivity contribution >= 4 is 20.9 Å². The van der Waals surface area contributed by atoms with Gasteiger partial charge < -0.3 is 14.4 Å². The summed E-state index contributed by atoms with van der Waals surface area (Å²) in [6.45, 7) is -3.01. The van der Waals surface area contributed by atoms with Gasteiger partial charge in [0.05, 0.1) is 22.0 Å². The summed E-state index contributed by atoms with van der Waals surface area (Å²) in [6, 6.07) is 14.4. The normalized spacial score (nSPS) is 17.9. The van der Waals surface area contributed by atoms with E-state index in [0.29, 0.717) is 28.0 Å².